The highest BCUT2D eigenvalue weighted by molar-refractivity contribution is 7.91. The summed E-state index contributed by atoms with van der Waals surface area (Å²) in [5.74, 6) is 0.818. The van der Waals surface area contributed by atoms with Gasteiger partial charge >= 0.3 is 0 Å². The van der Waals surface area contributed by atoms with Crippen molar-refractivity contribution in [3.8, 4) is 0 Å². The standard InChI is InChI=1S/C10H11NO3S/c12-10-8-4-1-2-5(7-3-6(4)7)9(8)15(13,14)11-10/h1-2,4-9H,3H2,(H,11,12). The summed E-state index contributed by atoms with van der Waals surface area (Å²) in [6.45, 7) is 0. The molecule has 2 saturated carbocycles. The summed E-state index contributed by atoms with van der Waals surface area (Å²) in [6, 6.07) is 0. The molecule has 1 aliphatic heterocycles. The van der Waals surface area contributed by atoms with Crippen molar-refractivity contribution in [1.82, 2.24) is 4.72 Å². The Bertz CT molecular complexity index is 495. The van der Waals surface area contributed by atoms with E-state index in [1.54, 1.807) is 0 Å². The molecule has 1 saturated heterocycles. The maximum atomic E-state index is 11.8. The van der Waals surface area contributed by atoms with Crippen LogP contribution in [0.1, 0.15) is 6.42 Å². The van der Waals surface area contributed by atoms with E-state index in [0.717, 1.165) is 6.42 Å². The fraction of sp³-hybridized carbons (Fsp3) is 0.700. The summed E-state index contributed by atoms with van der Waals surface area (Å²) in [4.78, 5) is 11.7. The van der Waals surface area contributed by atoms with Crippen LogP contribution in [0.15, 0.2) is 12.2 Å². The molecule has 80 valence electrons. The normalized spacial score (nSPS) is 57.2. The number of nitrogens with one attached hydrogen (secondary N) is 1. The van der Waals surface area contributed by atoms with Crippen LogP contribution in [-0.4, -0.2) is 19.6 Å². The zero-order valence-electron chi connectivity index (χ0n) is 7.96. The highest BCUT2D eigenvalue weighted by Gasteiger charge is 2.67. The van der Waals surface area contributed by atoms with Crippen molar-refractivity contribution in [2.24, 2.45) is 29.6 Å². The summed E-state index contributed by atoms with van der Waals surface area (Å²) < 4.78 is 25.8. The lowest BCUT2D eigenvalue weighted by Crippen LogP contribution is -2.44. The third kappa shape index (κ3) is 0.804. The molecule has 1 N–H and O–H groups in total. The second kappa shape index (κ2) is 2.14. The number of carbonyl (C=O) groups excluding carboxylic acids is 1. The third-order valence-electron chi connectivity index (χ3n) is 4.49. The molecular formula is C10H11NO3S. The molecule has 5 rings (SSSR count). The van der Waals surface area contributed by atoms with Crippen molar-refractivity contribution in [1.29, 1.82) is 0 Å². The monoisotopic (exact) mass is 225 g/mol. The van der Waals surface area contributed by atoms with Gasteiger partial charge in [-0.2, -0.15) is 0 Å². The average Bonchev–Trinajstić information content (AvgIpc) is 2.92. The minimum Gasteiger partial charge on any atom is -0.274 e. The molecule has 6 atom stereocenters. The Morgan fingerprint density at radius 3 is 2.67 bits per heavy atom. The number of allylic oxidation sites excluding steroid dienone is 2. The smallest absolute Gasteiger partial charge is 0.239 e. The van der Waals surface area contributed by atoms with Crippen molar-refractivity contribution in [3.05, 3.63) is 12.2 Å². The first-order chi connectivity index (χ1) is 7.09. The summed E-state index contributed by atoms with van der Waals surface area (Å²) >= 11 is 0. The van der Waals surface area contributed by atoms with E-state index in [-0.39, 0.29) is 23.7 Å². The van der Waals surface area contributed by atoms with E-state index in [9.17, 15) is 13.2 Å². The Morgan fingerprint density at radius 1 is 1.20 bits per heavy atom. The molecule has 0 aromatic heterocycles. The molecule has 1 amide bonds. The molecule has 5 heteroatoms. The van der Waals surface area contributed by atoms with Crippen LogP contribution in [-0.2, 0) is 14.8 Å². The quantitative estimate of drug-likeness (QED) is 0.585. The van der Waals surface area contributed by atoms with Crippen molar-refractivity contribution >= 4 is 15.9 Å². The molecule has 0 radical (unpaired) electrons. The lowest BCUT2D eigenvalue weighted by Gasteiger charge is -2.37. The van der Waals surface area contributed by atoms with Gasteiger partial charge in [0, 0.05) is 0 Å². The maximum absolute atomic E-state index is 11.8. The molecule has 3 fully saturated rings. The Kier molecular flexibility index (Phi) is 1.19. The lowest BCUT2D eigenvalue weighted by atomic mass is 9.68. The second-order valence-corrected chi connectivity index (χ2v) is 6.94. The van der Waals surface area contributed by atoms with Crippen LogP contribution in [0.25, 0.3) is 0 Å². The third-order valence-corrected chi connectivity index (χ3v) is 6.30. The SMILES string of the molecule is O=C1NS(=O)(=O)C2C3C=CC(C4CC34)C12. The minimum atomic E-state index is -3.38. The van der Waals surface area contributed by atoms with Crippen LogP contribution in [0.2, 0.25) is 0 Å². The largest absolute Gasteiger partial charge is 0.274 e. The molecule has 1 heterocycles. The van der Waals surface area contributed by atoms with E-state index in [2.05, 4.69) is 10.8 Å². The van der Waals surface area contributed by atoms with Crippen LogP contribution in [0, 0.1) is 29.6 Å². The molecule has 5 aliphatic rings. The van der Waals surface area contributed by atoms with E-state index in [1.165, 1.54) is 0 Å². The van der Waals surface area contributed by atoms with Gasteiger partial charge in [0.05, 0.1) is 11.2 Å². The Morgan fingerprint density at radius 2 is 1.87 bits per heavy atom. The van der Waals surface area contributed by atoms with Gasteiger partial charge in [-0.05, 0) is 30.1 Å². The van der Waals surface area contributed by atoms with E-state index >= 15 is 0 Å². The van der Waals surface area contributed by atoms with Crippen LogP contribution in [0.3, 0.4) is 0 Å². The highest BCUT2D eigenvalue weighted by atomic mass is 32.2. The number of hydrogen-bond acceptors (Lipinski definition) is 3. The average molecular weight is 225 g/mol. The number of rotatable bonds is 0. The van der Waals surface area contributed by atoms with E-state index in [1.807, 2.05) is 6.08 Å². The van der Waals surface area contributed by atoms with E-state index in [0.29, 0.717) is 11.8 Å². The fourth-order valence-electron chi connectivity index (χ4n) is 3.86. The van der Waals surface area contributed by atoms with Gasteiger partial charge in [-0.25, -0.2) is 8.42 Å². The minimum absolute atomic E-state index is 0.0916. The van der Waals surface area contributed by atoms with Crippen LogP contribution in [0.5, 0.6) is 0 Å². The molecular weight excluding hydrogens is 214 g/mol. The van der Waals surface area contributed by atoms with Gasteiger partial charge in [0.25, 0.3) is 0 Å². The van der Waals surface area contributed by atoms with Gasteiger partial charge in [0.15, 0.2) is 0 Å². The van der Waals surface area contributed by atoms with Crippen LogP contribution >= 0.6 is 0 Å². The van der Waals surface area contributed by atoms with Gasteiger partial charge in [-0.15, -0.1) is 0 Å². The highest BCUT2D eigenvalue weighted by Crippen LogP contribution is 2.63. The Hall–Kier alpha value is -0.840. The first kappa shape index (κ1) is 8.33. The number of carbonyl (C=O) groups is 1. The van der Waals surface area contributed by atoms with Crippen LogP contribution in [0.4, 0.5) is 0 Å². The Balaban J connectivity index is 1.93. The number of amides is 1. The van der Waals surface area contributed by atoms with Gasteiger partial charge < -0.3 is 0 Å². The second-order valence-electron chi connectivity index (χ2n) is 5.10. The first-order valence-corrected chi connectivity index (χ1v) is 6.88. The van der Waals surface area contributed by atoms with E-state index < -0.39 is 15.3 Å². The molecule has 15 heavy (non-hydrogen) atoms. The van der Waals surface area contributed by atoms with Crippen molar-refractivity contribution in [3.63, 3.8) is 0 Å². The lowest BCUT2D eigenvalue weighted by molar-refractivity contribution is -0.124. The molecule has 0 spiro atoms. The van der Waals surface area contributed by atoms with Crippen molar-refractivity contribution in [2.75, 3.05) is 0 Å². The summed E-state index contributed by atoms with van der Waals surface area (Å²) in [5, 5.41) is -0.469. The molecule has 4 nitrogen and oxygen atoms in total. The predicted molar refractivity (Wildman–Crippen MR) is 52.1 cm³/mol. The molecule has 0 aromatic carbocycles. The summed E-state index contributed by atoms with van der Waals surface area (Å²) in [6.07, 6.45) is 5.20. The number of sulfonamides is 1. The maximum Gasteiger partial charge on any atom is 0.239 e. The molecule has 2 bridgehead atoms. The van der Waals surface area contributed by atoms with Gasteiger partial charge in [-0.3, -0.25) is 9.52 Å². The Labute approximate surface area is 87.8 Å². The zero-order chi connectivity index (χ0) is 10.4. The predicted octanol–water partition coefficient (Wildman–Crippen LogP) is -0.117. The van der Waals surface area contributed by atoms with Crippen molar-refractivity contribution in [2.45, 2.75) is 11.7 Å². The van der Waals surface area contributed by atoms with Crippen molar-refractivity contribution < 1.29 is 13.2 Å². The molecule has 0 aromatic rings. The van der Waals surface area contributed by atoms with Gasteiger partial charge in [0.2, 0.25) is 15.9 Å². The van der Waals surface area contributed by atoms with E-state index in [4.69, 9.17) is 0 Å². The fourth-order valence-corrected chi connectivity index (χ4v) is 5.81. The molecule has 6 unspecified atom stereocenters. The molecule has 4 aliphatic carbocycles. The summed E-state index contributed by atoms with van der Waals surface area (Å²) in [7, 11) is -3.38. The van der Waals surface area contributed by atoms with Gasteiger partial charge in [0.1, 0.15) is 0 Å². The number of hydrogen-bond donors (Lipinski definition) is 1. The zero-order valence-corrected chi connectivity index (χ0v) is 8.78. The van der Waals surface area contributed by atoms with Gasteiger partial charge in [-0.1, -0.05) is 12.2 Å². The first-order valence-electron chi connectivity index (χ1n) is 5.33. The summed E-state index contributed by atoms with van der Waals surface area (Å²) in [5.41, 5.74) is 0. The topological polar surface area (TPSA) is 63.2 Å². The van der Waals surface area contributed by atoms with Crippen LogP contribution < -0.4 is 4.72 Å².